The van der Waals surface area contributed by atoms with Crippen LogP contribution in [-0.4, -0.2) is 49.7 Å². The Labute approximate surface area is 171 Å². The maximum Gasteiger partial charge on any atom is 0.287 e. The van der Waals surface area contributed by atoms with Crippen LogP contribution in [0.3, 0.4) is 0 Å². The summed E-state index contributed by atoms with van der Waals surface area (Å²) in [6, 6.07) is 12.4. The number of amides is 1. The fourth-order valence-electron chi connectivity index (χ4n) is 3.47. The minimum absolute atomic E-state index is 0.129. The molecule has 1 aliphatic rings. The van der Waals surface area contributed by atoms with E-state index in [1.807, 2.05) is 24.3 Å². The van der Waals surface area contributed by atoms with Crippen molar-refractivity contribution < 1.29 is 13.9 Å². The normalized spacial score (nSPS) is 16.2. The lowest BCUT2D eigenvalue weighted by molar-refractivity contribution is 0.0124. The molecule has 1 N–H and O–H groups in total. The fourth-order valence-corrected chi connectivity index (χ4v) is 4.36. The average Bonchev–Trinajstić information content (AvgIpc) is 3.19. The van der Waals surface area contributed by atoms with Crippen LogP contribution in [0.1, 0.15) is 36.4 Å². The van der Waals surface area contributed by atoms with E-state index in [2.05, 4.69) is 36.2 Å². The van der Waals surface area contributed by atoms with E-state index in [9.17, 15) is 4.79 Å². The number of hydrogen-bond acceptors (Lipinski definition) is 5. The van der Waals surface area contributed by atoms with Gasteiger partial charge in [0.2, 0.25) is 0 Å². The van der Waals surface area contributed by atoms with Crippen molar-refractivity contribution in [1.82, 2.24) is 10.2 Å². The Hall–Kier alpha value is -1.76. The Morgan fingerprint density at radius 3 is 2.64 bits per heavy atom. The molecule has 0 bridgehead atoms. The highest BCUT2D eigenvalue weighted by atomic mass is 32.2. The Balaban J connectivity index is 1.56. The molecule has 2 heterocycles. The summed E-state index contributed by atoms with van der Waals surface area (Å²) < 4.78 is 11.0. The molecule has 1 aromatic heterocycles. The van der Waals surface area contributed by atoms with Crippen LogP contribution in [0.4, 0.5) is 0 Å². The zero-order chi connectivity index (χ0) is 19.8. The summed E-state index contributed by atoms with van der Waals surface area (Å²) in [4.78, 5) is 16.4. The van der Waals surface area contributed by atoms with E-state index in [0.29, 0.717) is 30.0 Å². The van der Waals surface area contributed by atoms with Gasteiger partial charge in [-0.25, -0.2) is 0 Å². The summed E-state index contributed by atoms with van der Waals surface area (Å²) in [7, 11) is 0. The monoisotopic (exact) mass is 402 g/mol. The van der Waals surface area contributed by atoms with Crippen molar-refractivity contribution in [3.8, 4) is 0 Å². The quantitative estimate of drug-likeness (QED) is 0.642. The third-order valence-electron chi connectivity index (χ3n) is 4.89. The van der Waals surface area contributed by atoms with Gasteiger partial charge in [-0.3, -0.25) is 9.69 Å². The first-order valence-corrected chi connectivity index (χ1v) is 11.0. The van der Waals surface area contributed by atoms with Gasteiger partial charge in [-0.1, -0.05) is 32.0 Å². The van der Waals surface area contributed by atoms with Crippen molar-refractivity contribution in [2.75, 3.05) is 32.8 Å². The number of nitrogens with zero attached hydrogens (tertiary/aromatic N) is 1. The standard InChI is InChI=1S/C22H30N2O3S/c1-17(2)14-19(24-9-12-26-13-10-24)15-23-22(25)21-18(8-11-27-21)16-28-20-6-4-3-5-7-20/h3-8,11,17,19H,9-10,12-16H2,1-2H3,(H,23,25). The van der Waals surface area contributed by atoms with Crippen molar-refractivity contribution >= 4 is 17.7 Å². The molecule has 0 saturated carbocycles. The first-order valence-electron chi connectivity index (χ1n) is 9.97. The van der Waals surface area contributed by atoms with Gasteiger partial charge in [-0.15, -0.1) is 11.8 Å². The highest BCUT2D eigenvalue weighted by Gasteiger charge is 2.24. The summed E-state index contributed by atoms with van der Waals surface area (Å²) in [6.07, 6.45) is 2.65. The highest BCUT2D eigenvalue weighted by Crippen LogP contribution is 2.25. The van der Waals surface area contributed by atoms with E-state index in [-0.39, 0.29) is 5.91 Å². The van der Waals surface area contributed by atoms with Crippen LogP contribution in [-0.2, 0) is 10.5 Å². The minimum Gasteiger partial charge on any atom is -0.459 e. The Morgan fingerprint density at radius 1 is 1.18 bits per heavy atom. The molecule has 0 aliphatic carbocycles. The number of thioether (sulfide) groups is 1. The smallest absolute Gasteiger partial charge is 0.287 e. The number of carbonyl (C=O) groups is 1. The van der Waals surface area contributed by atoms with E-state index in [1.165, 1.54) is 4.90 Å². The van der Waals surface area contributed by atoms with Crippen LogP contribution in [0.15, 0.2) is 52.0 Å². The number of hydrogen-bond donors (Lipinski definition) is 1. The minimum atomic E-state index is -0.129. The van der Waals surface area contributed by atoms with Crippen LogP contribution in [0, 0.1) is 5.92 Å². The fraction of sp³-hybridized carbons (Fsp3) is 0.500. The Kier molecular flexibility index (Phi) is 8.01. The highest BCUT2D eigenvalue weighted by molar-refractivity contribution is 7.98. The number of morpholine rings is 1. The van der Waals surface area contributed by atoms with Gasteiger partial charge >= 0.3 is 0 Å². The van der Waals surface area contributed by atoms with Crippen molar-refractivity contribution in [2.24, 2.45) is 5.92 Å². The Bertz CT molecular complexity index is 726. The number of benzene rings is 1. The molecule has 28 heavy (non-hydrogen) atoms. The predicted octanol–water partition coefficient (Wildman–Crippen LogP) is 4.05. The van der Waals surface area contributed by atoms with E-state index >= 15 is 0 Å². The molecule has 1 saturated heterocycles. The number of carbonyl (C=O) groups excluding carboxylic acids is 1. The number of furan rings is 1. The van der Waals surface area contributed by atoms with Crippen molar-refractivity contribution in [3.63, 3.8) is 0 Å². The molecule has 152 valence electrons. The van der Waals surface area contributed by atoms with Gasteiger partial charge in [0.05, 0.1) is 19.5 Å². The zero-order valence-corrected chi connectivity index (χ0v) is 17.5. The van der Waals surface area contributed by atoms with Crippen molar-refractivity contribution in [3.05, 3.63) is 54.0 Å². The molecular weight excluding hydrogens is 372 g/mol. The van der Waals surface area contributed by atoms with Crippen LogP contribution in [0.25, 0.3) is 0 Å². The van der Waals surface area contributed by atoms with Gasteiger partial charge in [0.15, 0.2) is 5.76 Å². The molecule has 5 nitrogen and oxygen atoms in total. The first-order chi connectivity index (χ1) is 13.6. The molecule has 0 spiro atoms. The third-order valence-corrected chi connectivity index (χ3v) is 5.96. The number of nitrogens with one attached hydrogen (secondary N) is 1. The van der Waals surface area contributed by atoms with Crippen molar-refractivity contribution in [2.45, 2.75) is 37.0 Å². The summed E-state index contributed by atoms with van der Waals surface area (Å²) >= 11 is 1.70. The summed E-state index contributed by atoms with van der Waals surface area (Å²) in [5, 5.41) is 3.10. The van der Waals surface area contributed by atoms with Gasteiger partial charge in [0, 0.05) is 41.9 Å². The molecule has 0 radical (unpaired) electrons. The molecule has 2 aromatic rings. The van der Waals surface area contributed by atoms with Crippen LogP contribution < -0.4 is 5.32 Å². The second-order valence-electron chi connectivity index (χ2n) is 7.52. The first kappa shape index (κ1) is 21.0. The largest absolute Gasteiger partial charge is 0.459 e. The molecule has 1 unspecified atom stereocenters. The molecule has 1 atom stereocenters. The lowest BCUT2D eigenvalue weighted by atomic mass is 10.0. The third kappa shape index (κ3) is 6.12. The maximum atomic E-state index is 12.8. The van der Waals surface area contributed by atoms with Crippen molar-refractivity contribution in [1.29, 1.82) is 0 Å². The predicted molar refractivity (Wildman–Crippen MR) is 113 cm³/mol. The summed E-state index contributed by atoms with van der Waals surface area (Å²) in [5.41, 5.74) is 0.929. The van der Waals surface area contributed by atoms with Gasteiger partial charge in [0.25, 0.3) is 5.91 Å². The molecule has 1 amide bonds. The van der Waals surface area contributed by atoms with Gasteiger partial charge < -0.3 is 14.5 Å². The topological polar surface area (TPSA) is 54.7 Å². The van der Waals surface area contributed by atoms with E-state index < -0.39 is 0 Å². The second kappa shape index (κ2) is 10.7. The lowest BCUT2D eigenvalue weighted by Crippen LogP contribution is -2.49. The lowest BCUT2D eigenvalue weighted by Gasteiger charge is -2.35. The summed E-state index contributed by atoms with van der Waals surface area (Å²) in [5.74, 6) is 1.58. The van der Waals surface area contributed by atoms with E-state index in [0.717, 1.165) is 38.3 Å². The van der Waals surface area contributed by atoms with Gasteiger partial charge in [-0.2, -0.15) is 0 Å². The molecular formula is C22H30N2O3S. The van der Waals surface area contributed by atoms with Crippen LogP contribution in [0.2, 0.25) is 0 Å². The van der Waals surface area contributed by atoms with Gasteiger partial charge in [-0.05, 0) is 30.5 Å². The number of rotatable bonds is 9. The zero-order valence-electron chi connectivity index (χ0n) is 16.7. The van der Waals surface area contributed by atoms with E-state index in [1.54, 1.807) is 18.0 Å². The second-order valence-corrected chi connectivity index (χ2v) is 8.57. The molecule has 1 fully saturated rings. The SMILES string of the molecule is CC(C)CC(CNC(=O)c1occc1CSc1ccccc1)N1CCOCC1. The molecule has 1 aromatic carbocycles. The summed E-state index contributed by atoms with van der Waals surface area (Å²) in [6.45, 7) is 8.45. The molecule has 1 aliphatic heterocycles. The van der Waals surface area contributed by atoms with Gasteiger partial charge in [0.1, 0.15) is 0 Å². The molecule has 3 rings (SSSR count). The van der Waals surface area contributed by atoms with Crippen LogP contribution in [0.5, 0.6) is 0 Å². The average molecular weight is 403 g/mol. The molecule has 6 heteroatoms. The maximum absolute atomic E-state index is 12.8. The number of ether oxygens (including phenoxy) is 1. The Morgan fingerprint density at radius 2 is 1.93 bits per heavy atom. The van der Waals surface area contributed by atoms with E-state index in [4.69, 9.17) is 9.15 Å². The van der Waals surface area contributed by atoms with Crippen LogP contribution >= 0.6 is 11.8 Å².